The first kappa shape index (κ1) is 20.7. The summed E-state index contributed by atoms with van der Waals surface area (Å²) in [5.74, 6) is -0.340. The molecule has 0 amide bonds. The molecule has 0 radical (unpaired) electrons. The number of fused-ring (bicyclic) bond motifs is 2. The van der Waals surface area contributed by atoms with Crippen LogP contribution in [0.15, 0.2) is 35.5 Å². The minimum absolute atomic E-state index is 0.000475. The molecule has 166 valence electrons. The Morgan fingerprint density at radius 1 is 1.34 bits per heavy atom. The maximum absolute atomic E-state index is 13.2. The van der Waals surface area contributed by atoms with Gasteiger partial charge in [0, 0.05) is 24.8 Å². The molecule has 2 aliphatic rings. The Balaban J connectivity index is 1.60. The van der Waals surface area contributed by atoms with E-state index in [0.717, 1.165) is 6.20 Å². The van der Waals surface area contributed by atoms with E-state index in [1.807, 2.05) is 0 Å². The summed E-state index contributed by atoms with van der Waals surface area (Å²) in [6.07, 6.45) is -1.88. The number of nitrogens with two attached hydrogens (primary N) is 1. The van der Waals surface area contributed by atoms with E-state index in [9.17, 15) is 26.9 Å². The Morgan fingerprint density at radius 3 is 2.75 bits per heavy atom. The largest absolute Gasteiger partial charge is 0.434 e. The monoisotopic (exact) mass is 462 g/mol. The average Bonchev–Trinajstić information content (AvgIpc) is 3.07. The summed E-state index contributed by atoms with van der Waals surface area (Å²) in [6, 6.07) is 6.69. The molecule has 12 heteroatoms. The van der Waals surface area contributed by atoms with Crippen LogP contribution in [0.2, 0.25) is 0 Å². The quantitative estimate of drug-likeness (QED) is 0.640. The molecule has 3 heterocycles. The lowest BCUT2D eigenvalue weighted by Crippen LogP contribution is -2.31. The van der Waals surface area contributed by atoms with Gasteiger partial charge in [-0.05, 0) is 37.0 Å². The number of sulfonamides is 1. The van der Waals surface area contributed by atoms with Gasteiger partial charge in [0.25, 0.3) is 0 Å². The number of hydrogen-bond donors (Lipinski definition) is 1. The van der Waals surface area contributed by atoms with Gasteiger partial charge in [-0.1, -0.05) is 6.07 Å². The van der Waals surface area contributed by atoms with E-state index in [1.165, 1.54) is 27.0 Å². The normalized spacial score (nSPS) is 23.3. The summed E-state index contributed by atoms with van der Waals surface area (Å²) >= 11 is 0. The lowest BCUT2D eigenvalue weighted by atomic mass is 10.1. The number of halogens is 3. The van der Waals surface area contributed by atoms with E-state index >= 15 is 0 Å². The van der Waals surface area contributed by atoms with Gasteiger partial charge in [-0.15, -0.1) is 0 Å². The van der Waals surface area contributed by atoms with E-state index in [0.29, 0.717) is 17.5 Å². The van der Waals surface area contributed by atoms with Crippen molar-refractivity contribution in [3.8, 4) is 17.3 Å². The second-order valence-corrected chi connectivity index (χ2v) is 10.2. The van der Waals surface area contributed by atoms with Crippen LogP contribution in [-0.2, 0) is 16.2 Å². The van der Waals surface area contributed by atoms with Crippen LogP contribution in [0.4, 0.5) is 19.0 Å². The standard InChI is InChI=1S/C20H17F3N6O2S/c1-11-2-3-13(32(30,31)28-7-12-5-19(12,9-24)10-28)4-14(11)15-6-26-18-17(25)27-16(8-29(15)18)20(21,22)23/h2-4,6,8,12H,5,7,10H2,1H3,(H2,25,27). The Morgan fingerprint density at radius 2 is 2.09 bits per heavy atom. The van der Waals surface area contributed by atoms with Gasteiger partial charge in [0.15, 0.2) is 17.2 Å². The van der Waals surface area contributed by atoms with Crippen molar-refractivity contribution in [1.82, 2.24) is 18.7 Å². The number of nitrogen functional groups attached to an aromatic ring is 1. The van der Waals surface area contributed by atoms with E-state index in [2.05, 4.69) is 16.0 Å². The molecule has 0 bridgehead atoms. The number of hydrogen-bond acceptors (Lipinski definition) is 6. The van der Waals surface area contributed by atoms with Crippen LogP contribution < -0.4 is 5.73 Å². The molecule has 1 aliphatic carbocycles. The minimum atomic E-state index is -4.71. The number of benzene rings is 1. The predicted octanol–water partition coefficient (Wildman–Crippen LogP) is 2.84. The second-order valence-electron chi connectivity index (χ2n) is 8.29. The summed E-state index contributed by atoms with van der Waals surface area (Å²) in [6.45, 7) is 2.15. The fourth-order valence-electron chi connectivity index (χ4n) is 4.33. The smallest absolute Gasteiger partial charge is 0.381 e. The van der Waals surface area contributed by atoms with Crippen LogP contribution in [0.1, 0.15) is 17.7 Å². The molecule has 3 aromatic rings. The van der Waals surface area contributed by atoms with Gasteiger partial charge in [0.2, 0.25) is 10.0 Å². The first-order chi connectivity index (χ1) is 15.0. The molecule has 2 N–H and O–H groups in total. The zero-order chi connectivity index (χ0) is 23.1. The molecular weight excluding hydrogens is 445 g/mol. The summed E-state index contributed by atoms with van der Waals surface area (Å²) < 4.78 is 68.6. The molecule has 32 heavy (non-hydrogen) atoms. The molecule has 2 aromatic heterocycles. The van der Waals surface area contributed by atoms with Gasteiger partial charge >= 0.3 is 6.18 Å². The number of alkyl halides is 3. The van der Waals surface area contributed by atoms with Crippen LogP contribution in [0.5, 0.6) is 0 Å². The van der Waals surface area contributed by atoms with Gasteiger partial charge in [-0.3, -0.25) is 4.40 Å². The van der Waals surface area contributed by atoms with Crippen LogP contribution >= 0.6 is 0 Å². The average molecular weight is 462 g/mol. The third-order valence-corrected chi connectivity index (χ3v) is 8.08. The Hall–Kier alpha value is -3.17. The highest BCUT2D eigenvalue weighted by molar-refractivity contribution is 7.89. The number of anilines is 1. The molecule has 1 aliphatic heterocycles. The number of aryl methyl sites for hydroxylation is 1. The summed E-state index contributed by atoms with van der Waals surface area (Å²) in [4.78, 5) is 7.45. The molecule has 5 rings (SSSR count). The van der Waals surface area contributed by atoms with E-state index in [1.54, 1.807) is 13.0 Å². The van der Waals surface area contributed by atoms with Crippen LogP contribution in [0.3, 0.4) is 0 Å². The van der Waals surface area contributed by atoms with Crippen molar-refractivity contribution < 1.29 is 21.6 Å². The number of aromatic nitrogens is 3. The summed E-state index contributed by atoms with van der Waals surface area (Å²) in [5, 5.41) is 9.35. The number of nitriles is 1. The second kappa shape index (κ2) is 6.43. The third-order valence-electron chi connectivity index (χ3n) is 6.27. The number of piperidine rings is 1. The first-order valence-corrected chi connectivity index (χ1v) is 11.1. The number of rotatable bonds is 3. The van der Waals surface area contributed by atoms with E-state index in [-0.39, 0.29) is 41.1 Å². The highest BCUT2D eigenvalue weighted by Crippen LogP contribution is 2.58. The Kier molecular flexibility index (Phi) is 4.16. The van der Waals surface area contributed by atoms with Crippen molar-refractivity contribution in [1.29, 1.82) is 5.26 Å². The number of nitrogens with zero attached hydrogens (tertiary/aromatic N) is 5. The van der Waals surface area contributed by atoms with Gasteiger partial charge < -0.3 is 5.73 Å². The maximum atomic E-state index is 13.2. The van der Waals surface area contributed by atoms with Gasteiger partial charge in [-0.2, -0.15) is 22.7 Å². The molecule has 2 atom stereocenters. The molecule has 1 aromatic carbocycles. The van der Waals surface area contributed by atoms with Crippen molar-refractivity contribution in [2.24, 2.45) is 11.3 Å². The predicted molar refractivity (Wildman–Crippen MR) is 107 cm³/mol. The zero-order valence-electron chi connectivity index (χ0n) is 16.8. The fraction of sp³-hybridized carbons (Fsp3) is 0.350. The first-order valence-electron chi connectivity index (χ1n) is 9.69. The van der Waals surface area contributed by atoms with E-state index < -0.39 is 27.3 Å². The van der Waals surface area contributed by atoms with Crippen molar-refractivity contribution in [3.63, 3.8) is 0 Å². The van der Waals surface area contributed by atoms with Crippen molar-refractivity contribution >= 4 is 21.5 Å². The number of imidazole rings is 1. The third kappa shape index (κ3) is 2.96. The molecule has 8 nitrogen and oxygen atoms in total. The molecule has 2 fully saturated rings. The maximum Gasteiger partial charge on any atom is 0.434 e. The highest BCUT2D eigenvalue weighted by atomic mass is 32.2. The van der Waals surface area contributed by atoms with Crippen molar-refractivity contribution in [3.05, 3.63) is 41.9 Å². The lowest BCUT2D eigenvalue weighted by molar-refractivity contribution is -0.141. The van der Waals surface area contributed by atoms with Crippen molar-refractivity contribution in [2.45, 2.75) is 24.4 Å². The summed E-state index contributed by atoms with van der Waals surface area (Å²) in [7, 11) is -3.88. The van der Waals surface area contributed by atoms with Gasteiger partial charge in [0.1, 0.15) is 0 Å². The van der Waals surface area contributed by atoms with Crippen molar-refractivity contribution in [2.75, 3.05) is 18.8 Å². The fourth-order valence-corrected chi connectivity index (χ4v) is 5.91. The zero-order valence-corrected chi connectivity index (χ0v) is 17.6. The lowest BCUT2D eigenvalue weighted by Gasteiger charge is -2.19. The molecule has 0 spiro atoms. The Bertz CT molecular complexity index is 1430. The van der Waals surface area contributed by atoms with Crippen LogP contribution in [0.25, 0.3) is 16.9 Å². The molecule has 1 saturated carbocycles. The van der Waals surface area contributed by atoms with Gasteiger partial charge in [0.05, 0.1) is 28.3 Å². The Labute approximate surface area is 181 Å². The van der Waals surface area contributed by atoms with Gasteiger partial charge in [-0.25, -0.2) is 18.4 Å². The molecular formula is C20H17F3N6O2S. The highest BCUT2D eigenvalue weighted by Gasteiger charge is 2.62. The molecule has 2 unspecified atom stereocenters. The summed E-state index contributed by atoms with van der Waals surface area (Å²) in [5.41, 5.74) is 5.25. The molecule has 1 saturated heterocycles. The van der Waals surface area contributed by atoms with Crippen LogP contribution in [0, 0.1) is 29.6 Å². The van der Waals surface area contributed by atoms with Crippen LogP contribution in [-0.4, -0.2) is 40.2 Å². The minimum Gasteiger partial charge on any atom is -0.381 e. The topological polar surface area (TPSA) is 117 Å². The SMILES string of the molecule is Cc1ccc(S(=O)(=O)N2CC3CC3(C#N)C2)cc1-c1cnc2c(N)nc(C(F)(F)F)cn12. The van der Waals surface area contributed by atoms with E-state index in [4.69, 9.17) is 5.73 Å².